The summed E-state index contributed by atoms with van der Waals surface area (Å²) in [7, 11) is 0. The Morgan fingerprint density at radius 1 is 0.426 bits per heavy atom. The van der Waals surface area contributed by atoms with Gasteiger partial charge < -0.3 is 9.32 Å². The number of rotatable bonds is 4. The number of thiophene rings is 1. The van der Waals surface area contributed by atoms with Gasteiger partial charge in [0.2, 0.25) is 0 Å². The van der Waals surface area contributed by atoms with Gasteiger partial charge >= 0.3 is 0 Å². The van der Waals surface area contributed by atoms with Gasteiger partial charge in [0.25, 0.3) is 0 Å². The van der Waals surface area contributed by atoms with Gasteiger partial charge in [0.05, 0.1) is 16.8 Å². The zero-order valence-electron chi connectivity index (χ0n) is 25.4. The predicted octanol–water partition coefficient (Wildman–Crippen LogP) is 13.4. The maximum atomic E-state index is 6.39. The third-order valence-electron chi connectivity index (χ3n) is 9.45. The first-order valence-corrected chi connectivity index (χ1v) is 16.7. The van der Waals surface area contributed by atoms with Crippen LogP contribution in [0, 0.1) is 0 Å². The van der Waals surface area contributed by atoms with Crippen LogP contribution in [-0.4, -0.2) is 0 Å². The van der Waals surface area contributed by atoms with Crippen molar-refractivity contribution in [3.63, 3.8) is 0 Å². The zero-order chi connectivity index (χ0) is 30.9. The highest BCUT2D eigenvalue weighted by molar-refractivity contribution is 7.26. The van der Waals surface area contributed by atoms with Crippen molar-refractivity contribution in [1.82, 2.24) is 0 Å². The highest BCUT2D eigenvalue weighted by Gasteiger charge is 2.22. The molecule has 0 radical (unpaired) electrons. The maximum absolute atomic E-state index is 6.39. The molecule has 0 amide bonds. The minimum Gasteiger partial charge on any atom is -0.456 e. The first kappa shape index (κ1) is 26.3. The van der Waals surface area contributed by atoms with Gasteiger partial charge in [-0.05, 0) is 87.3 Å². The largest absolute Gasteiger partial charge is 0.456 e. The number of fused-ring (bicyclic) bond motifs is 9. The maximum Gasteiger partial charge on any atom is 0.137 e. The normalized spacial score (nSPS) is 11.8. The van der Waals surface area contributed by atoms with E-state index in [1.807, 2.05) is 17.4 Å². The number of benzene rings is 8. The zero-order valence-corrected chi connectivity index (χ0v) is 26.2. The van der Waals surface area contributed by atoms with E-state index in [0.717, 1.165) is 39.0 Å². The van der Waals surface area contributed by atoms with Gasteiger partial charge in [0, 0.05) is 31.2 Å². The average Bonchev–Trinajstić information content (AvgIpc) is 3.71. The fraction of sp³-hybridized carbons (Fsp3) is 0. The minimum atomic E-state index is 0.885. The monoisotopic (exact) mass is 617 g/mol. The molecular weight excluding hydrogens is 591 g/mol. The Morgan fingerprint density at radius 3 is 1.89 bits per heavy atom. The van der Waals surface area contributed by atoms with Crippen molar-refractivity contribution in [1.29, 1.82) is 0 Å². The predicted molar refractivity (Wildman–Crippen MR) is 202 cm³/mol. The lowest BCUT2D eigenvalue weighted by Crippen LogP contribution is -2.10. The number of furan rings is 1. The highest BCUT2D eigenvalue weighted by Crippen LogP contribution is 2.48. The van der Waals surface area contributed by atoms with Gasteiger partial charge in [-0.25, -0.2) is 0 Å². The molecule has 0 fully saturated rings. The van der Waals surface area contributed by atoms with Crippen LogP contribution in [0.1, 0.15) is 0 Å². The molecule has 3 heteroatoms. The Balaban J connectivity index is 1.23. The molecule has 2 aromatic heterocycles. The molecule has 10 aromatic rings. The van der Waals surface area contributed by atoms with E-state index >= 15 is 0 Å². The van der Waals surface area contributed by atoms with Crippen LogP contribution in [0.5, 0.6) is 0 Å². The molecule has 8 aromatic carbocycles. The topological polar surface area (TPSA) is 16.4 Å². The molecule has 2 nitrogen and oxygen atoms in total. The molecular formula is C44H27NOS. The van der Waals surface area contributed by atoms with E-state index in [0.29, 0.717) is 0 Å². The molecule has 0 bridgehead atoms. The third-order valence-corrected chi connectivity index (χ3v) is 10.6. The van der Waals surface area contributed by atoms with Crippen molar-refractivity contribution < 1.29 is 4.42 Å². The van der Waals surface area contributed by atoms with Crippen molar-refractivity contribution >= 4 is 92.1 Å². The lowest BCUT2D eigenvalue weighted by atomic mass is 9.93. The molecule has 0 aliphatic carbocycles. The second-order valence-corrected chi connectivity index (χ2v) is 13.2. The summed E-state index contributed by atoms with van der Waals surface area (Å²) in [5.41, 5.74) is 7.57. The molecule has 0 aliphatic rings. The summed E-state index contributed by atoms with van der Waals surface area (Å²) in [4.78, 5) is 2.42. The first-order valence-electron chi connectivity index (χ1n) is 15.9. The standard InChI is InChI=1S/C44H27NOS/c1-2-12-31-29(11-1)27-36(33-14-4-3-13-32(31)33)28-23-25-30(26-24-28)45(37-17-9-20-40-43(37)34-15-5-7-19-39(34)46-40)38-18-10-22-42-44(38)35-16-6-8-21-41(35)47-42/h1-27H. The molecule has 220 valence electrons. The molecule has 47 heavy (non-hydrogen) atoms. The van der Waals surface area contributed by atoms with E-state index < -0.39 is 0 Å². The molecule has 10 rings (SSSR count). The van der Waals surface area contributed by atoms with Crippen LogP contribution < -0.4 is 4.90 Å². The number of hydrogen-bond acceptors (Lipinski definition) is 3. The summed E-state index contributed by atoms with van der Waals surface area (Å²) < 4.78 is 8.95. The Labute approximate surface area is 275 Å². The van der Waals surface area contributed by atoms with E-state index in [-0.39, 0.29) is 0 Å². The van der Waals surface area contributed by atoms with Crippen molar-refractivity contribution in [2.45, 2.75) is 0 Å². The van der Waals surface area contributed by atoms with Crippen LogP contribution in [0.2, 0.25) is 0 Å². The molecule has 0 saturated carbocycles. The Bertz CT molecular complexity index is 2690. The van der Waals surface area contributed by atoms with Crippen molar-refractivity contribution in [3.8, 4) is 11.1 Å². The van der Waals surface area contributed by atoms with Crippen LogP contribution >= 0.6 is 11.3 Å². The van der Waals surface area contributed by atoms with E-state index in [4.69, 9.17) is 4.42 Å². The van der Waals surface area contributed by atoms with Gasteiger partial charge in [0.1, 0.15) is 11.2 Å². The summed E-state index contributed by atoms with van der Waals surface area (Å²) >= 11 is 1.85. The number of anilines is 3. The van der Waals surface area contributed by atoms with Gasteiger partial charge in [-0.2, -0.15) is 0 Å². The fourth-order valence-electron chi connectivity index (χ4n) is 7.38. The van der Waals surface area contributed by atoms with Gasteiger partial charge in [-0.15, -0.1) is 11.3 Å². The fourth-order valence-corrected chi connectivity index (χ4v) is 8.50. The quantitative estimate of drug-likeness (QED) is 0.183. The van der Waals surface area contributed by atoms with Gasteiger partial charge in [-0.3, -0.25) is 0 Å². The Hall–Kier alpha value is -5.90. The third kappa shape index (κ3) is 4.04. The van der Waals surface area contributed by atoms with Crippen LogP contribution in [0.15, 0.2) is 168 Å². The lowest BCUT2D eigenvalue weighted by molar-refractivity contribution is 0.669. The molecule has 0 N–H and O–H groups in total. The molecule has 2 heterocycles. The first-order chi connectivity index (χ1) is 23.3. The van der Waals surface area contributed by atoms with Crippen LogP contribution in [0.4, 0.5) is 17.1 Å². The lowest BCUT2D eigenvalue weighted by Gasteiger charge is -2.27. The summed E-state index contributed by atoms with van der Waals surface area (Å²) in [5, 5.41) is 9.85. The van der Waals surface area contributed by atoms with Crippen LogP contribution in [-0.2, 0) is 0 Å². The van der Waals surface area contributed by atoms with E-state index in [1.165, 1.54) is 52.8 Å². The second-order valence-electron chi connectivity index (χ2n) is 12.1. The highest BCUT2D eigenvalue weighted by atomic mass is 32.1. The van der Waals surface area contributed by atoms with E-state index in [1.54, 1.807) is 0 Å². The summed E-state index contributed by atoms with van der Waals surface area (Å²) in [6.07, 6.45) is 0. The number of para-hydroxylation sites is 1. The molecule has 0 unspecified atom stereocenters. The molecule has 0 saturated heterocycles. The average molecular weight is 618 g/mol. The second kappa shape index (κ2) is 10.3. The molecule has 0 atom stereocenters. The molecule has 0 spiro atoms. The SMILES string of the molecule is c1ccc2c(c1)cc(-c1ccc(N(c3cccc4oc5ccccc5c34)c3cccc4sc5ccccc5c34)cc1)c1ccccc12. The van der Waals surface area contributed by atoms with E-state index in [2.05, 4.69) is 163 Å². The van der Waals surface area contributed by atoms with E-state index in [9.17, 15) is 0 Å². The smallest absolute Gasteiger partial charge is 0.137 e. The van der Waals surface area contributed by atoms with Crippen molar-refractivity contribution in [3.05, 3.63) is 164 Å². The molecule has 0 aliphatic heterocycles. The van der Waals surface area contributed by atoms with Gasteiger partial charge in [-0.1, -0.05) is 109 Å². The van der Waals surface area contributed by atoms with Crippen LogP contribution in [0.25, 0.3) is 74.8 Å². The van der Waals surface area contributed by atoms with Crippen molar-refractivity contribution in [2.24, 2.45) is 0 Å². The van der Waals surface area contributed by atoms with Gasteiger partial charge in [0.15, 0.2) is 0 Å². The summed E-state index contributed by atoms with van der Waals surface area (Å²) in [6.45, 7) is 0. The summed E-state index contributed by atoms with van der Waals surface area (Å²) in [6, 6.07) is 59.0. The van der Waals surface area contributed by atoms with Crippen molar-refractivity contribution in [2.75, 3.05) is 4.90 Å². The number of hydrogen-bond donors (Lipinski definition) is 0. The number of nitrogens with zero attached hydrogens (tertiary/aromatic N) is 1. The minimum absolute atomic E-state index is 0.885. The van der Waals surface area contributed by atoms with Crippen LogP contribution in [0.3, 0.4) is 0 Å². The Morgan fingerprint density at radius 2 is 1.04 bits per heavy atom. The summed E-state index contributed by atoms with van der Waals surface area (Å²) in [5.74, 6) is 0. The Kier molecular flexibility index (Phi) is 5.78.